The monoisotopic (exact) mass is 462 g/mol. The molecule has 7 nitrogen and oxygen atoms in total. The van der Waals surface area contributed by atoms with Crippen LogP contribution in [0.5, 0.6) is 0 Å². The second-order valence-electron chi connectivity index (χ2n) is 6.50. The van der Waals surface area contributed by atoms with Gasteiger partial charge in [-0.05, 0) is 70.9 Å². The van der Waals surface area contributed by atoms with Crippen molar-refractivity contribution < 1.29 is 13.2 Å². The third-order valence-corrected chi connectivity index (χ3v) is 5.80. The van der Waals surface area contributed by atoms with Gasteiger partial charge in [-0.3, -0.25) is 4.79 Å². The van der Waals surface area contributed by atoms with E-state index in [0.717, 1.165) is 15.7 Å². The number of benzene rings is 2. The molecule has 1 aliphatic heterocycles. The summed E-state index contributed by atoms with van der Waals surface area (Å²) in [6.07, 6.45) is 1.78. The molecule has 0 unspecified atom stereocenters. The zero-order valence-corrected chi connectivity index (χ0v) is 18.0. The van der Waals surface area contributed by atoms with Crippen LogP contribution in [0.15, 0.2) is 62.5 Å². The number of hydrogen-bond acceptors (Lipinski definition) is 5. The molecular weight excluding hydrogens is 444 g/mol. The molecule has 0 saturated carbocycles. The molecule has 146 valence electrons. The summed E-state index contributed by atoms with van der Waals surface area (Å²) in [5, 5.41) is 10.7. The van der Waals surface area contributed by atoms with Gasteiger partial charge in [0.25, 0.3) is 5.91 Å². The SMILES string of the molecule is CC1=NN(c2ccc(S(N)(=O)=O)cc2)C(=O)/C1=C\c1ccc(N(C)C)c(Br)c1. The Balaban J connectivity index is 1.91. The topological polar surface area (TPSA) is 96.1 Å². The Bertz CT molecular complexity index is 1110. The second kappa shape index (κ2) is 7.50. The molecule has 1 aliphatic rings. The van der Waals surface area contributed by atoms with E-state index in [2.05, 4.69) is 21.0 Å². The number of amides is 1. The van der Waals surface area contributed by atoms with Crippen molar-refractivity contribution in [2.24, 2.45) is 10.2 Å². The molecule has 0 aliphatic carbocycles. The average molecular weight is 463 g/mol. The van der Waals surface area contributed by atoms with Gasteiger partial charge in [-0.1, -0.05) is 6.07 Å². The van der Waals surface area contributed by atoms with Gasteiger partial charge in [-0.2, -0.15) is 10.1 Å². The highest BCUT2D eigenvalue weighted by molar-refractivity contribution is 9.10. The van der Waals surface area contributed by atoms with Crippen LogP contribution in [0.2, 0.25) is 0 Å². The lowest BCUT2D eigenvalue weighted by molar-refractivity contribution is -0.114. The Hall–Kier alpha value is -2.49. The smallest absolute Gasteiger partial charge is 0.280 e. The first-order chi connectivity index (χ1) is 13.1. The Kier molecular flexibility index (Phi) is 5.42. The Labute approximate surface area is 172 Å². The van der Waals surface area contributed by atoms with E-state index in [1.54, 1.807) is 13.0 Å². The first-order valence-electron chi connectivity index (χ1n) is 8.29. The summed E-state index contributed by atoms with van der Waals surface area (Å²) in [5.74, 6) is -0.284. The number of nitrogens with two attached hydrogens (primary N) is 1. The summed E-state index contributed by atoms with van der Waals surface area (Å²) in [6.45, 7) is 1.76. The minimum atomic E-state index is -3.79. The van der Waals surface area contributed by atoms with E-state index in [4.69, 9.17) is 5.14 Å². The van der Waals surface area contributed by atoms with Crippen molar-refractivity contribution in [3.05, 3.63) is 58.1 Å². The fourth-order valence-corrected chi connectivity index (χ4v) is 4.05. The van der Waals surface area contributed by atoms with Gasteiger partial charge in [-0.25, -0.2) is 13.6 Å². The van der Waals surface area contributed by atoms with Gasteiger partial charge in [0.05, 0.1) is 27.6 Å². The van der Waals surface area contributed by atoms with Crippen LogP contribution < -0.4 is 15.0 Å². The number of hydrogen-bond donors (Lipinski definition) is 1. The highest BCUT2D eigenvalue weighted by atomic mass is 79.9. The molecule has 1 heterocycles. The van der Waals surface area contributed by atoms with Crippen LogP contribution in [-0.4, -0.2) is 34.1 Å². The van der Waals surface area contributed by atoms with Crippen LogP contribution in [0.1, 0.15) is 12.5 Å². The maximum Gasteiger partial charge on any atom is 0.280 e. The van der Waals surface area contributed by atoms with Gasteiger partial charge in [-0.15, -0.1) is 0 Å². The van der Waals surface area contributed by atoms with Crippen molar-refractivity contribution in [2.75, 3.05) is 24.0 Å². The lowest BCUT2D eigenvalue weighted by Gasteiger charge is -2.15. The van der Waals surface area contributed by atoms with Crippen LogP contribution in [0, 0.1) is 0 Å². The van der Waals surface area contributed by atoms with Crippen molar-refractivity contribution in [1.82, 2.24) is 0 Å². The van der Waals surface area contributed by atoms with Crippen LogP contribution in [0.25, 0.3) is 6.08 Å². The molecule has 0 spiro atoms. The largest absolute Gasteiger partial charge is 0.377 e. The number of carbonyl (C=O) groups is 1. The lowest BCUT2D eigenvalue weighted by Crippen LogP contribution is -2.21. The Morgan fingerprint density at radius 3 is 2.32 bits per heavy atom. The van der Waals surface area contributed by atoms with E-state index >= 15 is 0 Å². The van der Waals surface area contributed by atoms with Crippen molar-refractivity contribution in [1.29, 1.82) is 0 Å². The minimum Gasteiger partial charge on any atom is -0.377 e. The first kappa shape index (κ1) is 20.2. The molecule has 0 atom stereocenters. The zero-order valence-electron chi connectivity index (χ0n) is 15.5. The molecule has 1 amide bonds. The second-order valence-corrected chi connectivity index (χ2v) is 8.92. The number of sulfonamides is 1. The Morgan fingerprint density at radius 1 is 1.14 bits per heavy atom. The standard InChI is InChI=1S/C19H19BrN4O3S/c1-12-16(10-13-4-9-18(23(2)3)17(20)11-13)19(25)24(22-12)14-5-7-15(8-6-14)28(21,26)27/h4-11H,1-3H3,(H2,21,26,27)/b16-10-. The number of nitrogens with zero attached hydrogens (tertiary/aromatic N) is 3. The van der Waals surface area contributed by atoms with Gasteiger partial charge < -0.3 is 4.90 Å². The quantitative estimate of drug-likeness (QED) is 0.706. The van der Waals surface area contributed by atoms with Crippen molar-refractivity contribution in [3.63, 3.8) is 0 Å². The maximum atomic E-state index is 12.8. The average Bonchev–Trinajstić information content (AvgIpc) is 2.89. The molecule has 0 bridgehead atoms. The molecule has 0 aromatic heterocycles. The summed E-state index contributed by atoms with van der Waals surface area (Å²) in [5.41, 5.74) is 3.40. The van der Waals surface area contributed by atoms with E-state index in [9.17, 15) is 13.2 Å². The number of hydrazone groups is 1. The van der Waals surface area contributed by atoms with Crippen LogP contribution in [0.3, 0.4) is 0 Å². The number of rotatable bonds is 4. The van der Waals surface area contributed by atoms with Gasteiger partial charge in [0.2, 0.25) is 10.0 Å². The van der Waals surface area contributed by atoms with Gasteiger partial charge in [0.15, 0.2) is 0 Å². The van der Waals surface area contributed by atoms with E-state index in [1.807, 2.05) is 37.2 Å². The lowest BCUT2D eigenvalue weighted by atomic mass is 10.1. The van der Waals surface area contributed by atoms with E-state index in [1.165, 1.54) is 29.3 Å². The fraction of sp³-hybridized carbons (Fsp3) is 0.158. The van der Waals surface area contributed by atoms with Crippen molar-refractivity contribution >= 4 is 55.0 Å². The van der Waals surface area contributed by atoms with Gasteiger partial charge >= 0.3 is 0 Å². The molecule has 9 heteroatoms. The van der Waals surface area contributed by atoms with Gasteiger partial charge in [0.1, 0.15) is 0 Å². The fourth-order valence-electron chi connectivity index (χ4n) is 2.78. The summed E-state index contributed by atoms with van der Waals surface area (Å²) in [6, 6.07) is 11.5. The van der Waals surface area contributed by atoms with Gasteiger partial charge in [0, 0.05) is 18.6 Å². The predicted molar refractivity (Wildman–Crippen MR) is 115 cm³/mol. The van der Waals surface area contributed by atoms with E-state index in [-0.39, 0.29) is 10.8 Å². The van der Waals surface area contributed by atoms with E-state index < -0.39 is 10.0 Å². The van der Waals surface area contributed by atoms with Crippen LogP contribution in [-0.2, 0) is 14.8 Å². The molecule has 2 aromatic carbocycles. The van der Waals surface area contributed by atoms with Crippen LogP contribution in [0.4, 0.5) is 11.4 Å². The highest BCUT2D eigenvalue weighted by Crippen LogP contribution is 2.29. The zero-order chi connectivity index (χ0) is 20.6. The number of halogens is 1. The molecule has 3 rings (SSSR count). The Morgan fingerprint density at radius 2 is 1.79 bits per heavy atom. The predicted octanol–water partition coefficient (Wildman–Crippen LogP) is 2.97. The molecule has 2 N–H and O–H groups in total. The summed E-state index contributed by atoms with van der Waals surface area (Å²) < 4.78 is 23.7. The highest BCUT2D eigenvalue weighted by Gasteiger charge is 2.29. The third-order valence-electron chi connectivity index (χ3n) is 4.24. The number of carbonyl (C=O) groups excluding carboxylic acids is 1. The minimum absolute atomic E-state index is 0.0230. The molecule has 28 heavy (non-hydrogen) atoms. The summed E-state index contributed by atoms with van der Waals surface area (Å²) >= 11 is 3.54. The van der Waals surface area contributed by atoms with Crippen molar-refractivity contribution in [3.8, 4) is 0 Å². The summed E-state index contributed by atoms with van der Waals surface area (Å²) in [4.78, 5) is 14.8. The molecule has 0 radical (unpaired) electrons. The molecule has 0 saturated heterocycles. The van der Waals surface area contributed by atoms with Crippen LogP contribution >= 0.6 is 15.9 Å². The van der Waals surface area contributed by atoms with Crippen molar-refractivity contribution in [2.45, 2.75) is 11.8 Å². The summed E-state index contributed by atoms with van der Waals surface area (Å²) in [7, 11) is 0.115. The molecular formula is C19H19BrN4O3S. The maximum absolute atomic E-state index is 12.8. The number of anilines is 2. The molecule has 0 fully saturated rings. The first-order valence-corrected chi connectivity index (χ1v) is 10.6. The van der Waals surface area contributed by atoms with E-state index in [0.29, 0.717) is 17.0 Å². The molecule has 2 aromatic rings. The number of primary sulfonamides is 1. The normalized spacial score (nSPS) is 15.9. The third kappa shape index (κ3) is 4.01.